The largest absolute Gasteiger partial charge is 0.481 e. The molecule has 0 unspecified atom stereocenters. The van der Waals surface area contributed by atoms with Crippen molar-refractivity contribution in [2.24, 2.45) is 0 Å². The molecule has 0 atom stereocenters. The molecule has 0 aliphatic carbocycles. The van der Waals surface area contributed by atoms with Gasteiger partial charge in [-0.25, -0.2) is 0 Å². The van der Waals surface area contributed by atoms with E-state index in [0.29, 0.717) is 6.42 Å². The van der Waals surface area contributed by atoms with E-state index in [9.17, 15) is 4.79 Å². The fourth-order valence-corrected chi connectivity index (χ4v) is 1.10. The number of aromatic nitrogens is 1. The highest BCUT2D eigenvalue weighted by atomic mass is 16.4. The molecule has 76 valence electrons. The number of carboxylic acid groups (broad SMARTS) is 1. The van der Waals surface area contributed by atoms with Gasteiger partial charge >= 0.3 is 5.97 Å². The van der Waals surface area contributed by atoms with Crippen LogP contribution >= 0.6 is 0 Å². The van der Waals surface area contributed by atoms with Crippen molar-refractivity contribution in [3.05, 3.63) is 30.1 Å². The second-order valence-corrected chi connectivity index (χ2v) is 3.03. The zero-order valence-electron chi connectivity index (χ0n) is 7.94. The lowest BCUT2D eigenvalue weighted by molar-refractivity contribution is -0.137. The third kappa shape index (κ3) is 4.57. The molecule has 0 aliphatic heterocycles. The second kappa shape index (κ2) is 6.10. The van der Waals surface area contributed by atoms with Gasteiger partial charge in [-0.2, -0.15) is 0 Å². The summed E-state index contributed by atoms with van der Waals surface area (Å²) in [6.07, 6.45) is 4.38. The van der Waals surface area contributed by atoms with Crippen LogP contribution in [0.15, 0.2) is 24.5 Å². The number of carboxylic acids is 1. The number of rotatable bonds is 6. The van der Waals surface area contributed by atoms with Crippen LogP contribution in [0, 0.1) is 0 Å². The smallest absolute Gasteiger partial charge is 0.303 e. The van der Waals surface area contributed by atoms with Crippen molar-refractivity contribution in [3.63, 3.8) is 0 Å². The molecule has 0 aliphatic rings. The maximum absolute atomic E-state index is 10.2. The average molecular weight is 194 g/mol. The fraction of sp³-hybridized carbons (Fsp3) is 0.400. The van der Waals surface area contributed by atoms with Crippen molar-refractivity contribution in [1.29, 1.82) is 0 Å². The van der Waals surface area contributed by atoms with Crippen LogP contribution in [0.25, 0.3) is 0 Å². The summed E-state index contributed by atoms with van der Waals surface area (Å²) in [5, 5.41) is 11.6. The van der Waals surface area contributed by atoms with Gasteiger partial charge in [0.1, 0.15) is 0 Å². The van der Waals surface area contributed by atoms with Crippen LogP contribution < -0.4 is 5.32 Å². The molecule has 14 heavy (non-hydrogen) atoms. The minimum absolute atomic E-state index is 0.226. The van der Waals surface area contributed by atoms with E-state index in [1.165, 1.54) is 0 Å². The number of hydrogen-bond donors (Lipinski definition) is 2. The number of aliphatic carboxylic acids is 1. The second-order valence-electron chi connectivity index (χ2n) is 3.03. The van der Waals surface area contributed by atoms with Gasteiger partial charge in [0.25, 0.3) is 0 Å². The number of hydrogen-bond acceptors (Lipinski definition) is 3. The molecule has 0 saturated heterocycles. The van der Waals surface area contributed by atoms with Gasteiger partial charge in [0.05, 0.1) is 0 Å². The zero-order chi connectivity index (χ0) is 10.2. The Morgan fingerprint density at radius 1 is 1.43 bits per heavy atom. The first-order valence-corrected chi connectivity index (χ1v) is 4.60. The van der Waals surface area contributed by atoms with Crippen LogP contribution in [0.1, 0.15) is 18.4 Å². The lowest BCUT2D eigenvalue weighted by Gasteiger charge is -2.02. The molecule has 4 heteroatoms. The first kappa shape index (κ1) is 10.7. The van der Waals surface area contributed by atoms with Crippen molar-refractivity contribution in [1.82, 2.24) is 10.3 Å². The summed E-state index contributed by atoms with van der Waals surface area (Å²) >= 11 is 0. The van der Waals surface area contributed by atoms with Crippen molar-refractivity contribution in [2.45, 2.75) is 19.4 Å². The van der Waals surface area contributed by atoms with Gasteiger partial charge in [-0.05, 0) is 30.7 Å². The predicted molar refractivity (Wildman–Crippen MR) is 52.8 cm³/mol. The van der Waals surface area contributed by atoms with E-state index in [2.05, 4.69) is 10.3 Å². The van der Waals surface area contributed by atoms with Gasteiger partial charge < -0.3 is 10.4 Å². The highest BCUT2D eigenvalue weighted by Crippen LogP contribution is 1.95. The molecule has 0 fully saturated rings. The number of carbonyl (C=O) groups is 1. The van der Waals surface area contributed by atoms with Crippen molar-refractivity contribution in [3.8, 4) is 0 Å². The monoisotopic (exact) mass is 194 g/mol. The topological polar surface area (TPSA) is 62.2 Å². The molecule has 1 aromatic rings. The van der Waals surface area contributed by atoms with E-state index in [4.69, 9.17) is 5.11 Å². The van der Waals surface area contributed by atoms with Gasteiger partial charge in [0.2, 0.25) is 0 Å². The highest BCUT2D eigenvalue weighted by Gasteiger charge is 1.95. The average Bonchev–Trinajstić information content (AvgIpc) is 2.18. The van der Waals surface area contributed by atoms with Crippen molar-refractivity contribution in [2.75, 3.05) is 6.54 Å². The third-order valence-electron chi connectivity index (χ3n) is 1.82. The van der Waals surface area contributed by atoms with Crippen LogP contribution in [0.4, 0.5) is 0 Å². The highest BCUT2D eigenvalue weighted by molar-refractivity contribution is 5.66. The Balaban J connectivity index is 2.08. The molecule has 0 bridgehead atoms. The van der Waals surface area contributed by atoms with Crippen LogP contribution in [0.3, 0.4) is 0 Å². The summed E-state index contributed by atoms with van der Waals surface area (Å²) in [6.45, 7) is 1.50. The molecule has 0 spiro atoms. The molecule has 1 rings (SSSR count). The molecule has 1 heterocycles. The predicted octanol–water partition coefficient (Wildman–Crippen LogP) is 1.04. The van der Waals surface area contributed by atoms with Crippen LogP contribution in [-0.4, -0.2) is 22.6 Å². The number of nitrogens with zero attached hydrogens (tertiary/aromatic N) is 1. The summed E-state index contributed by atoms with van der Waals surface area (Å²) in [6, 6.07) is 3.87. The van der Waals surface area contributed by atoms with E-state index in [1.54, 1.807) is 12.4 Å². The Morgan fingerprint density at radius 2 is 2.14 bits per heavy atom. The van der Waals surface area contributed by atoms with E-state index >= 15 is 0 Å². The van der Waals surface area contributed by atoms with Crippen LogP contribution in [0.2, 0.25) is 0 Å². The van der Waals surface area contributed by atoms with E-state index in [0.717, 1.165) is 18.7 Å². The SMILES string of the molecule is O=C(O)CCCNCc1ccncc1. The standard InChI is InChI=1S/C10H14N2O2/c13-10(14)2-1-5-12-8-9-3-6-11-7-4-9/h3-4,6-7,12H,1-2,5,8H2,(H,13,14). The van der Waals surface area contributed by atoms with Gasteiger partial charge in [-0.1, -0.05) is 0 Å². The minimum Gasteiger partial charge on any atom is -0.481 e. The summed E-state index contributed by atoms with van der Waals surface area (Å²) in [5.41, 5.74) is 1.16. The molecular formula is C10H14N2O2. The Kier molecular flexibility index (Phi) is 4.64. The molecule has 1 aromatic heterocycles. The fourth-order valence-electron chi connectivity index (χ4n) is 1.10. The molecule has 2 N–H and O–H groups in total. The lowest BCUT2D eigenvalue weighted by Crippen LogP contribution is -2.15. The van der Waals surface area contributed by atoms with Gasteiger partial charge in [-0.3, -0.25) is 9.78 Å². The van der Waals surface area contributed by atoms with Gasteiger partial charge in [0.15, 0.2) is 0 Å². The summed E-state index contributed by atoms with van der Waals surface area (Å²) in [5.74, 6) is -0.740. The third-order valence-corrected chi connectivity index (χ3v) is 1.82. The Hall–Kier alpha value is -1.42. The maximum atomic E-state index is 10.2. The Morgan fingerprint density at radius 3 is 2.79 bits per heavy atom. The normalized spacial score (nSPS) is 10.0. The van der Waals surface area contributed by atoms with Gasteiger partial charge in [0, 0.05) is 25.4 Å². The molecule has 0 amide bonds. The minimum atomic E-state index is -0.740. The summed E-state index contributed by atoms with van der Waals surface area (Å²) < 4.78 is 0. The van der Waals surface area contributed by atoms with E-state index in [-0.39, 0.29) is 6.42 Å². The number of nitrogens with one attached hydrogen (secondary N) is 1. The zero-order valence-corrected chi connectivity index (χ0v) is 7.94. The van der Waals surface area contributed by atoms with Crippen LogP contribution in [-0.2, 0) is 11.3 Å². The van der Waals surface area contributed by atoms with Crippen molar-refractivity contribution >= 4 is 5.97 Å². The number of pyridine rings is 1. The first-order chi connectivity index (χ1) is 6.79. The van der Waals surface area contributed by atoms with Gasteiger partial charge in [-0.15, -0.1) is 0 Å². The summed E-state index contributed by atoms with van der Waals surface area (Å²) in [4.78, 5) is 14.1. The van der Waals surface area contributed by atoms with E-state index < -0.39 is 5.97 Å². The Bertz CT molecular complexity index is 275. The Labute approximate surface area is 83.0 Å². The lowest BCUT2D eigenvalue weighted by atomic mass is 10.2. The maximum Gasteiger partial charge on any atom is 0.303 e. The van der Waals surface area contributed by atoms with E-state index in [1.807, 2.05) is 12.1 Å². The molecule has 0 aromatic carbocycles. The molecule has 0 saturated carbocycles. The molecular weight excluding hydrogens is 180 g/mol. The summed E-state index contributed by atoms with van der Waals surface area (Å²) in [7, 11) is 0. The van der Waals surface area contributed by atoms with Crippen LogP contribution in [0.5, 0.6) is 0 Å². The van der Waals surface area contributed by atoms with Crippen molar-refractivity contribution < 1.29 is 9.90 Å². The molecule has 0 radical (unpaired) electrons. The first-order valence-electron chi connectivity index (χ1n) is 4.60. The molecule has 4 nitrogen and oxygen atoms in total. The quantitative estimate of drug-likeness (QED) is 0.664.